The van der Waals surface area contributed by atoms with Gasteiger partial charge in [0, 0.05) is 31.2 Å². The van der Waals surface area contributed by atoms with Crippen molar-refractivity contribution in [3.05, 3.63) is 29.3 Å². The highest BCUT2D eigenvalue weighted by molar-refractivity contribution is 5.85. The van der Waals surface area contributed by atoms with Crippen molar-refractivity contribution in [3.63, 3.8) is 0 Å². The number of hydrogen-bond acceptors (Lipinski definition) is 3. The maximum Gasteiger partial charge on any atom is 0.123 e. The smallest absolute Gasteiger partial charge is 0.123 e. The number of hydrogen-bond donors (Lipinski definition) is 1. The van der Waals surface area contributed by atoms with Crippen LogP contribution in [-0.4, -0.2) is 31.1 Å². The molecule has 0 aliphatic carbocycles. The molecule has 1 aliphatic heterocycles. The van der Waals surface area contributed by atoms with Crippen LogP contribution in [0.3, 0.4) is 0 Å². The summed E-state index contributed by atoms with van der Waals surface area (Å²) in [6.45, 7) is 5.15. The second-order valence-electron chi connectivity index (χ2n) is 4.60. The fourth-order valence-electron chi connectivity index (χ4n) is 2.28. The molecule has 2 N–H and O–H groups in total. The molecule has 1 fully saturated rings. The molecule has 1 aromatic carbocycles. The highest BCUT2D eigenvalue weighted by atomic mass is 35.5. The van der Waals surface area contributed by atoms with Crippen LogP contribution in [0.2, 0.25) is 0 Å². The number of ether oxygens (including phenoxy) is 1. The molecule has 2 rings (SSSR count). The molecule has 0 saturated carbocycles. The Morgan fingerprint density at radius 1 is 1.47 bits per heavy atom. The Balaban J connectivity index is 0.00000144. The first-order valence-electron chi connectivity index (χ1n) is 5.80. The summed E-state index contributed by atoms with van der Waals surface area (Å²) in [4.78, 5) is 2.39. The van der Waals surface area contributed by atoms with Crippen molar-refractivity contribution in [2.75, 3.05) is 20.2 Å². The number of nitrogens with zero attached hydrogens (tertiary/aromatic N) is 1. The van der Waals surface area contributed by atoms with Crippen molar-refractivity contribution in [1.29, 1.82) is 0 Å². The molecule has 1 heterocycles. The molecule has 0 aromatic heterocycles. The molecule has 1 unspecified atom stereocenters. The van der Waals surface area contributed by atoms with E-state index in [1.54, 1.807) is 7.11 Å². The lowest BCUT2D eigenvalue weighted by atomic mass is 10.1. The maximum atomic E-state index is 5.91. The molecule has 0 spiro atoms. The summed E-state index contributed by atoms with van der Waals surface area (Å²) < 4.78 is 5.38. The fraction of sp³-hybridized carbons (Fsp3) is 0.538. The standard InChI is InChI=1S/C13H20N2O.ClH/c1-10-3-4-13(16-2)11(7-10)8-15-6-5-12(14)9-15;/h3-4,7,12H,5-6,8-9,14H2,1-2H3;1H. The van der Waals surface area contributed by atoms with Gasteiger partial charge in [-0.05, 0) is 19.4 Å². The van der Waals surface area contributed by atoms with Gasteiger partial charge in [0.15, 0.2) is 0 Å². The van der Waals surface area contributed by atoms with Crippen LogP contribution in [-0.2, 0) is 6.54 Å². The van der Waals surface area contributed by atoms with E-state index in [4.69, 9.17) is 10.5 Å². The summed E-state index contributed by atoms with van der Waals surface area (Å²) in [5, 5.41) is 0. The average Bonchev–Trinajstić information content (AvgIpc) is 2.64. The third kappa shape index (κ3) is 3.60. The molecule has 1 saturated heterocycles. The van der Waals surface area contributed by atoms with Gasteiger partial charge in [-0.25, -0.2) is 0 Å². The van der Waals surface area contributed by atoms with Gasteiger partial charge in [0.1, 0.15) is 5.75 Å². The van der Waals surface area contributed by atoms with Crippen LogP contribution in [0.15, 0.2) is 18.2 Å². The number of rotatable bonds is 3. The largest absolute Gasteiger partial charge is 0.496 e. The number of likely N-dealkylation sites (tertiary alicyclic amines) is 1. The van der Waals surface area contributed by atoms with Crippen LogP contribution >= 0.6 is 12.4 Å². The minimum Gasteiger partial charge on any atom is -0.496 e. The number of halogens is 1. The van der Waals surface area contributed by atoms with Crippen LogP contribution in [0.4, 0.5) is 0 Å². The molecule has 17 heavy (non-hydrogen) atoms. The Bertz CT molecular complexity index is 370. The third-order valence-corrected chi connectivity index (χ3v) is 3.14. The van der Waals surface area contributed by atoms with Gasteiger partial charge in [0.2, 0.25) is 0 Å². The molecule has 1 atom stereocenters. The predicted octanol–water partition coefficient (Wildman–Crippen LogP) is 1.96. The molecule has 96 valence electrons. The van der Waals surface area contributed by atoms with Gasteiger partial charge >= 0.3 is 0 Å². The molecular formula is C13H21ClN2O. The normalized spacial score (nSPS) is 20.1. The summed E-state index contributed by atoms with van der Waals surface area (Å²) in [6, 6.07) is 6.66. The summed E-state index contributed by atoms with van der Waals surface area (Å²) in [5.74, 6) is 0.978. The van der Waals surface area contributed by atoms with E-state index in [1.165, 1.54) is 11.1 Å². The lowest BCUT2D eigenvalue weighted by Crippen LogP contribution is -2.26. The molecule has 1 aliphatic rings. The molecule has 0 bridgehead atoms. The lowest BCUT2D eigenvalue weighted by Gasteiger charge is -2.17. The van der Waals surface area contributed by atoms with Crippen LogP contribution in [0.5, 0.6) is 5.75 Å². The zero-order valence-corrected chi connectivity index (χ0v) is 11.3. The van der Waals surface area contributed by atoms with Gasteiger partial charge in [0.25, 0.3) is 0 Å². The van der Waals surface area contributed by atoms with Crippen molar-refractivity contribution < 1.29 is 4.74 Å². The highest BCUT2D eigenvalue weighted by Crippen LogP contribution is 2.22. The van der Waals surface area contributed by atoms with E-state index in [-0.39, 0.29) is 12.4 Å². The van der Waals surface area contributed by atoms with E-state index in [0.717, 1.165) is 31.8 Å². The number of aryl methyl sites for hydroxylation is 1. The zero-order chi connectivity index (χ0) is 11.5. The molecule has 3 nitrogen and oxygen atoms in total. The van der Waals surface area contributed by atoms with Gasteiger partial charge in [-0.3, -0.25) is 4.90 Å². The number of methoxy groups -OCH3 is 1. The van der Waals surface area contributed by atoms with Crippen LogP contribution < -0.4 is 10.5 Å². The van der Waals surface area contributed by atoms with Crippen molar-refractivity contribution in [1.82, 2.24) is 4.90 Å². The van der Waals surface area contributed by atoms with E-state index in [1.807, 2.05) is 6.07 Å². The van der Waals surface area contributed by atoms with Gasteiger partial charge < -0.3 is 10.5 Å². The summed E-state index contributed by atoms with van der Waals surface area (Å²) in [7, 11) is 1.73. The van der Waals surface area contributed by atoms with E-state index in [9.17, 15) is 0 Å². The van der Waals surface area contributed by atoms with Crippen LogP contribution in [0, 0.1) is 6.92 Å². The first-order valence-corrected chi connectivity index (χ1v) is 5.80. The molecular weight excluding hydrogens is 236 g/mol. The Hall–Kier alpha value is -0.770. The SMILES string of the molecule is COc1ccc(C)cc1CN1CCC(N)C1.Cl. The minimum atomic E-state index is 0. The van der Waals surface area contributed by atoms with Crippen molar-refractivity contribution >= 4 is 12.4 Å². The van der Waals surface area contributed by atoms with Crippen LogP contribution in [0.1, 0.15) is 17.5 Å². The second kappa shape index (κ2) is 6.24. The summed E-state index contributed by atoms with van der Waals surface area (Å²) >= 11 is 0. The van der Waals surface area contributed by atoms with Crippen molar-refractivity contribution in [2.45, 2.75) is 25.9 Å². The Morgan fingerprint density at radius 2 is 2.24 bits per heavy atom. The zero-order valence-electron chi connectivity index (χ0n) is 10.5. The van der Waals surface area contributed by atoms with Gasteiger partial charge in [0.05, 0.1) is 7.11 Å². The van der Waals surface area contributed by atoms with Gasteiger partial charge in [-0.2, -0.15) is 0 Å². The Labute approximate surface area is 109 Å². The number of nitrogens with two attached hydrogens (primary N) is 1. The van der Waals surface area contributed by atoms with E-state index in [0.29, 0.717) is 6.04 Å². The lowest BCUT2D eigenvalue weighted by molar-refractivity contribution is 0.317. The first-order chi connectivity index (χ1) is 7.69. The first kappa shape index (κ1) is 14.3. The molecule has 0 radical (unpaired) electrons. The molecule has 0 amide bonds. The molecule has 4 heteroatoms. The molecule has 1 aromatic rings. The van der Waals surface area contributed by atoms with Crippen molar-refractivity contribution in [2.24, 2.45) is 5.73 Å². The Morgan fingerprint density at radius 3 is 2.82 bits per heavy atom. The topological polar surface area (TPSA) is 38.5 Å². The average molecular weight is 257 g/mol. The maximum absolute atomic E-state index is 5.91. The Kier molecular flexibility index (Phi) is 5.25. The van der Waals surface area contributed by atoms with E-state index in [2.05, 4.69) is 24.0 Å². The fourth-order valence-corrected chi connectivity index (χ4v) is 2.28. The summed E-state index contributed by atoms with van der Waals surface area (Å²) in [6.07, 6.45) is 1.11. The third-order valence-electron chi connectivity index (χ3n) is 3.14. The number of benzene rings is 1. The minimum absolute atomic E-state index is 0. The van der Waals surface area contributed by atoms with Gasteiger partial charge in [-0.1, -0.05) is 17.7 Å². The quantitative estimate of drug-likeness (QED) is 0.899. The highest BCUT2D eigenvalue weighted by Gasteiger charge is 2.19. The van der Waals surface area contributed by atoms with E-state index >= 15 is 0 Å². The predicted molar refractivity (Wildman–Crippen MR) is 72.8 cm³/mol. The summed E-state index contributed by atoms with van der Waals surface area (Å²) in [5.41, 5.74) is 8.44. The second-order valence-corrected chi connectivity index (χ2v) is 4.60. The van der Waals surface area contributed by atoms with E-state index < -0.39 is 0 Å². The van der Waals surface area contributed by atoms with Crippen molar-refractivity contribution in [3.8, 4) is 5.75 Å². The van der Waals surface area contributed by atoms with Gasteiger partial charge in [-0.15, -0.1) is 12.4 Å². The monoisotopic (exact) mass is 256 g/mol. The van der Waals surface area contributed by atoms with Crippen LogP contribution in [0.25, 0.3) is 0 Å².